The van der Waals surface area contributed by atoms with E-state index in [0.717, 1.165) is 6.92 Å². The van der Waals surface area contributed by atoms with E-state index in [4.69, 9.17) is 16.3 Å². The van der Waals surface area contributed by atoms with E-state index >= 15 is 0 Å². The Morgan fingerprint density at radius 3 is 2.30 bits per heavy atom. The van der Waals surface area contributed by atoms with Gasteiger partial charge in [0.2, 0.25) is 10.0 Å². The molecule has 0 aromatic heterocycles. The molecule has 0 spiro atoms. The summed E-state index contributed by atoms with van der Waals surface area (Å²) in [5.74, 6) is -2.10. The Hall–Kier alpha value is -3.06. The number of aliphatic hydroxyl groups is 1. The molecule has 11 nitrogen and oxygen atoms in total. The minimum Gasteiger partial charge on any atom is -0.454 e. The standard InChI is InChI=1S/C20H22ClN3O8S/c1-11-8-16(17(24(28)29)9-12(11)2)22-18(26)10-32-20(27)19(13(3)25)23-33(30,31)15-6-4-14(21)5-7-15/h4-9,13,19,23,25H,10H2,1-3H3,(H,22,26). The molecule has 0 fully saturated rings. The second-order valence-electron chi connectivity index (χ2n) is 7.16. The summed E-state index contributed by atoms with van der Waals surface area (Å²) in [4.78, 5) is 34.9. The van der Waals surface area contributed by atoms with E-state index in [1.807, 2.05) is 4.72 Å². The average molecular weight is 500 g/mol. The quantitative estimate of drug-likeness (QED) is 0.268. The number of benzene rings is 2. The zero-order valence-corrected chi connectivity index (χ0v) is 19.4. The number of aliphatic hydroxyl groups excluding tert-OH is 1. The Balaban J connectivity index is 2.08. The number of nitrogens with zero attached hydrogens (tertiary/aromatic N) is 1. The van der Waals surface area contributed by atoms with Gasteiger partial charge in [-0.1, -0.05) is 11.6 Å². The second-order valence-corrected chi connectivity index (χ2v) is 9.31. The molecular weight excluding hydrogens is 478 g/mol. The summed E-state index contributed by atoms with van der Waals surface area (Å²) in [6.07, 6.45) is -1.50. The maximum Gasteiger partial charge on any atom is 0.327 e. The first-order valence-electron chi connectivity index (χ1n) is 9.50. The van der Waals surface area contributed by atoms with Gasteiger partial charge in [-0.2, -0.15) is 4.72 Å². The molecule has 2 unspecified atom stereocenters. The number of ether oxygens (including phenoxy) is 1. The Morgan fingerprint density at radius 1 is 1.18 bits per heavy atom. The number of nitro benzene ring substituents is 1. The first-order chi connectivity index (χ1) is 15.3. The molecule has 0 saturated heterocycles. The van der Waals surface area contributed by atoms with Crippen molar-refractivity contribution in [2.45, 2.75) is 37.8 Å². The van der Waals surface area contributed by atoms with Crippen molar-refractivity contribution < 1.29 is 32.8 Å². The Morgan fingerprint density at radius 2 is 1.76 bits per heavy atom. The minimum atomic E-state index is -4.22. The van der Waals surface area contributed by atoms with Gasteiger partial charge in [0.1, 0.15) is 11.7 Å². The lowest BCUT2D eigenvalue weighted by Crippen LogP contribution is -2.48. The molecule has 2 rings (SSSR count). The van der Waals surface area contributed by atoms with E-state index in [-0.39, 0.29) is 16.3 Å². The maximum atomic E-state index is 12.5. The Bertz CT molecular complexity index is 1170. The molecule has 178 valence electrons. The van der Waals surface area contributed by atoms with Gasteiger partial charge in [-0.15, -0.1) is 0 Å². The molecule has 2 aromatic carbocycles. The zero-order chi connectivity index (χ0) is 24.9. The summed E-state index contributed by atoms with van der Waals surface area (Å²) in [5.41, 5.74) is 0.924. The van der Waals surface area contributed by atoms with Crippen LogP contribution in [0.1, 0.15) is 18.1 Å². The van der Waals surface area contributed by atoms with E-state index < -0.39 is 45.6 Å². The topological polar surface area (TPSA) is 165 Å². The van der Waals surface area contributed by atoms with Crippen molar-refractivity contribution in [1.29, 1.82) is 0 Å². The molecule has 1 amide bonds. The van der Waals surface area contributed by atoms with Gasteiger partial charge in [0, 0.05) is 11.1 Å². The van der Waals surface area contributed by atoms with Crippen LogP contribution in [0.3, 0.4) is 0 Å². The second kappa shape index (κ2) is 10.7. The lowest BCUT2D eigenvalue weighted by atomic mass is 10.1. The number of nitro groups is 1. The number of hydrogen-bond donors (Lipinski definition) is 3. The minimum absolute atomic E-state index is 0.0836. The first kappa shape index (κ1) is 26.2. The molecule has 13 heteroatoms. The van der Waals surface area contributed by atoms with E-state index in [1.165, 1.54) is 36.4 Å². The van der Waals surface area contributed by atoms with Gasteiger partial charge in [0.25, 0.3) is 11.6 Å². The summed E-state index contributed by atoms with van der Waals surface area (Å²) in [6, 6.07) is 6.08. The summed E-state index contributed by atoms with van der Waals surface area (Å²) in [5, 5.41) is 23.7. The highest BCUT2D eigenvalue weighted by atomic mass is 35.5. The van der Waals surface area contributed by atoms with Gasteiger partial charge >= 0.3 is 5.97 Å². The molecule has 0 saturated carbocycles. The van der Waals surface area contributed by atoms with Crippen LogP contribution in [0.5, 0.6) is 0 Å². The number of amides is 1. The van der Waals surface area contributed by atoms with E-state index in [9.17, 15) is 33.2 Å². The molecule has 0 aliphatic rings. The van der Waals surface area contributed by atoms with Crippen LogP contribution in [0, 0.1) is 24.0 Å². The highest BCUT2D eigenvalue weighted by molar-refractivity contribution is 7.89. The fourth-order valence-corrected chi connectivity index (χ4v) is 4.04. The van der Waals surface area contributed by atoms with Gasteiger partial charge in [-0.05, 0) is 62.2 Å². The Labute approximate surface area is 194 Å². The highest BCUT2D eigenvalue weighted by Gasteiger charge is 2.31. The summed E-state index contributed by atoms with van der Waals surface area (Å²) in [6.45, 7) is 3.68. The number of nitrogens with one attached hydrogen (secondary N) is 2. The van der Waals surface area contributed by atoms with E-state index in [2.05, 4.69) is 5.32 Å². The number of rotatable bonds is 9. The number of aryl methyl sites for hydroxylation is 2. The van der Waals surface area contributed by atoms with Crippen molar-refractivity contribution in [2.24, 2.45) is 0 Å². The zero-order valence-electron chi connectivity index (χ0n) is 17.9. The highest BCUT2D eigenvalue weighted by Crippen LogP contribution is 2.27. The van der Waals surface area contributed by atoms with Crippen LogP contribution < -0.4 is 10.0 Å². The summed E-state index contributed by atoms with van der Waals surface area (Å²) < 4.78 is 31.8. The van der Waals surface area contributed by atoms with Gasteiger partial charge in [-0.3, -0.25) is 19.7 Å². The molecule has 2 aromatic rings. The number of hydrogen-bond acceptors (Lipinski definition) is 8. The summed E-state index contributed by atoms with van der Waals surface area (Å²) in [7, 11) is -4.22. The molecule has 2 atom stereocenters. The average Bonchev–Trinajstić information content (AvgIpc) is 2.72. The van der Waals surface area contributed by atoms with Crippen molar-refractivity contribution in [3.8, 4) is 0 Å². The SMILES string of the molecule is Cc1cc(NC(=O)COC(=O)C(NS(=O)(=O)c2ccc(Cl)cc2)C(C)O)c([N+](=O)[O-])cc1C. The van der Waals surface area contributed by atoms with Crippen molar-refractivity contribution in [3.05, 3.63) is 62.7 Å². The maximum absolute atomic E-state index is 12.5. The van der Waals surface area contributed by atoms with Crippen LogP contribution in [0.2, 0.25) is 5.02 Å². The predicted molar refractivity (Wildman–Crippen MR) is 119 cm³/mol. The number of anilines is 1. The fourth-order valence-electron chi connectivity index (χ4n) is 2.66. The van der Waals surface area contributed by atoms with E-state index in [0.29, 0.717) is 16.1 Å². The van der Waals surface area contributed by atoms with Crippen LogP contribution in [0.4, 0.5) is 11.4 Å². The van der Waals surface area contributed by atoms with Crippen LogP contribution in [-0.2, 0) is 24.3 Å². The van der Waals surface area contributed by atoms with Crippen LogP contribution in [-0.4, -0.2) is 49.1 Å². The molecule has 3 N–H and O–H groups in total. The predicted octanol–water partition coefficient (Wildman–Crippen LogP) is 2.07. The lowest BCUT2D eigenvalue weighted by Gasteiger charge is -2.20. The Kier molecular flexibility index (Phi) is 8.50. The molecule has 0 aliphatic heterocycles. The fraction of sp³-hybridized carbons (Fsp3) is 0.300. The molecule has 0 heterocycles. The number of carbonyl (C=O) groups excluding carboxylic acids is 2. The third-order valence-electron chi connectivity index (χ3n) is 4.57. The summed E-state index contributed by atoms with van der Waals surface area (Å²) >= 11 is 5.74. The van der Waals surface area contributed by atoms with Crippen molar-refractivity contribution in [1.82, 2.24) is 4.72 Å². The van der Waals surface area contributed by atoms with Crippen molar-refractivity contribution in [3.63, 3.8) is 0 Å². The molecule has 33 heavy (non-hydrogen) atoms. The van der Waals surface area contributed by atoms with Crippen LogP contribution in [0.25, 0.3) is 0 Å². The van der Waals surface area contributed by atoms with Gasteiger partial charge < -0.3 is 15.2 Å². The van der Waals surface area contributed by atoms with Crippen molar-refractivity contribution >= 4 is 44.9 Å². The largest absolute Gasteiger partial charge is 0.454 e. The van der Waals surface area contributed by atoms with Gasteiger partial charge in [-0.25, -0.2) is 8.42 Å². The first-order valence-corrected chi connectivity index (χ1v) is 11.4. The molecular formula is C20H22ClN3O8S. The monoisotopic (exact) mass is 499 g/mol. The van der Waals surface area contributed by atoms with Crippen LogP contribution in [0.15, 0.2) is 41.3 Å². The molecule has 0 bridgehead atoms. The number of carbonyl (C=O) groups is 2. The normalized spacial score (nSPS) is 13.1. The third kappa shape index (κ3) is 6.96. The number of esters is 1. The van der Waals surface area contributed by atoms with Crippen molar-refractivity contribution in [2.75, 3.05) is 11.9 Å². The van der Waals surface area contributed by atoms with Crippen LogP contribution >= 0.6 is 11.6 Å². The molecule has 0 aliphatic carbocycles. The number of halogens is 1. The van der Waals surface area contributed by atoms with Gasteiger partial charge in [0.15, 0.2) is 6.61 Å². The van der Waals surface area contributed by atoms with E-state index in [1.54, 1.807) is 13.8 Å². The third-order valence-corrected chi connectivity index (χ3v) is 6.28. The lowest BCUT2D eigenvalue weighted by molar-refractivity contribution is -0.384. The molecule has 0 radical (unpaired) electrons. The number of sulfonamides is 1. The smallest absolute Gasteiger partial charge is 0.327 e. The van der Waals surface area contributed by atoms with Gasteiger partial charge in [0.05, 0.1) is 15.9 Å².